The van der Waals surface area contributed by atoms with E-state index in [2.05, 4.69) is 40.8 Å². The predicted octanol–water partition coefficient (Wildman–Crippen LogP) is 4.58. The Morgan fingerprint density at radius 2 is 1.79 bits per heavy atom. The standard InChI is InChI=1S/C28H38N6O4.H2S/c1-18-13-21-16-29-34(25-15-24(30-26(31-25)36-6)33-11-12-37-17-19(33)2)23(21)14-22(18)20-7-9-32(10-8-20)27(35)38-28(3,4)5;/h13-16,19-20H,7-12,17H2,1-6H3;1H2/t19-;/m0./s1. The topological polar surface area (TPSA) is 94.8 Å². The highest BCUT2D eigenvalue weighted by Gasteiger charge is 2.29. The average Bonchev–Trinajstić information content (AvgIpc) is 3.30. The maximum absolute atomic E-state index is 12.5. The molecule has 10 nitrogen and oxygen atoms in total. The second-order valence-electron chi connectivity index (χ2n) is 11.3. The number of methoxy groups -OCH3 is 1. The molecular weight excluding hydrogens is 516 g/mol. The molecule has 0 N–H and O–H groups in total. The van der Waals surface area contributed by atoms with Crippen LogP contribution in [0.2, 0.25) is 0 Å². The van der Waals surface area contributed by atoms with Gasteiger partial charge in [-0.15, -0.1) is 0 Å². The van der Waals surface area contributed by atoms with Crippen LogP contribution in [0.1, 0.15) is 57.6 Å². The molecule has 3 aromatic rings. The van der Waals surface area contributed by atoms with Crippen molar-refractivity contribution in [3.8, 4) is 11.8 Å². The zero-order valence-corrected chi connectivity index (χ0v) is 24.7. The van der Waals surface area contributed by atoms with Crippen LogP contribution in [0.5, 0.6) is 6.01 Å². The van der Waals surface area contributed by atoms with E-state index >= 15 is 0 Å². The number of carbonyl (C=O) groups is 1. The van der Waals surface area contributed by atoms with Crippen LogP contribution in [0.4, 0.5) is 10.6 Å². The number of rotatable bonds is 4. The van der Waals surface area contributed by atoms with E-state index in [0.29, 0.717) is 44.0 Å². The Bertz CT molecular complexity index is 1320. The van der Waals surface area contributed by atoms with Gasteiger partial charge in [0.25, 0.3) is 0 Å². The molecule has 0 radical (unpaired) electrons. The number of morpholine rings is 1. The largest absolute Gasteiger partial charge is 0.467 e. The van der Waals surface area contributed by atoms with Crippen LogP contribution in [0, 0.1) is 6.92 Å². The van der Waals surface area contributed by atoms with Crippen LogP contribution in [0.25, 0.3) is 16.7 Å². The van der Waals surface area contributed by atoms with E-state index in [1.807, 2.05) is 42.6 Å². The molecule has 2 fully saturated rings. The van der Waals surface area contributed by atoms with E-state index in [-0.39, 0.29) is 25.6 Å². The van der Waals surface area contributed by atoms with Crippen molar-refractivity contribution < 1.29 is 19.0 Å². The SMILES string of the molecule is COc1nc(N2CCOC[C@@H]2C)cc(-n2ncc3cc(C)c(C4CCN(C(=O)OC(C)(C)C)CC4)cc32)n1.S. The maximum atomic E-state index is 12.5. The molecule has 4 heterocycles. The number of aryl methyl sites for hydroxylation is 1. The average molecular weight is 557 g/mol. The van der Waals surface area contributed by atoms with Gasteiger partial charge in [-0.05, 0) is 76.6 Å². The lowest BCUT2D eigenvalue weighted by atomic mass is 9.86. The van der Waals surface area contributed by atoms with Crippen LogP contribution in [0.15, 0.2) is 24.4 Å². The monoisotopic (exact) mass is 556 g/mol. The zero-order chi connectivity index (χ0) is 27.0. The van der Waals surface area contributed by atoms with Crippen LogP contribution in [0.3, 0.4) is 0 Å². The van der Waals surface area contributed by atoms with Crippen molar-refractivity contribution >= 4 is 36.3 Å². The van der Waals surface area contributed by atoms with Crippen molar-refractivity contribution in [2.45, 2.75) is 65.0 Å². The lowest BCUT2D eigenvalue weighted by molar-refractivity contribution is 0.0205. The molecule has 0 saturated carbocycles. The quantitative estimate of drug-likeness (QED) is 0.461. The first-order chi connectivity index (χ1) is 18.1. The van der Waals surface area contributed by atoms with Crippen LogP contribution in [-0.4, -0.2) is 82.3 Å². The number of anilines is 1. The number of amides is 1. The second-order valence-corrected chi connectivity index (χ2v) is 11.3. The fourth-order valence-corrected chi connectivity index (χ4v) is 5.34. The van der Waals surface area contributed by atoms with Crippen molar-refractivity contribution in [2.24, 2.45) is 0 Å². The molecule has 39 heavy (non-hydrogen) atoms. The van der Waals surface area contributed by atoms with Gasteiger partial charge in [-0.3, -0.25) is 0 Å². The van der Waals surface area contributed by atoms with Gasteiger partial charge in [0, 0.05) is 31.1 Å². The predicted molar refractivity (Wildman–Crippen MR) is 156 cm³/mol. The molecule has 2 aliphatic rings. The Morgan fingerprint density at radius 3 is 2.46 bits per heavy atom. The summed E-state index contributed by atoms with van der Waals surface area (Å²) in [6.45, 7) is 13.4. The Balaban J connectivity index is 0.00000353. The summed E-state index contributed by atoms with van der Waals surface area (Å²) < 4.78 is 18.5. The maximum Gasteiger partial charge on any atom is 0.410 e. The highest BCUT2D eigenvalue weighted by atomic mass is 32.1. The number of hydrogen-bond acceptors (Lipinski definition) is 8. The molecule has 0 aliphatic carbocycles. The molecular formula is C28H40N6O4S. The van der Waals surface area contributed by atoms with E-state index < -0.39 is 5.60 Å². The molecule has 5 rings (SSSR count). The molecule has 11 heteroatoms. The number of benzene rings is 1. The van der Waals surface area contributed by atoms with Gasteiger partial charge >= 0.3 is 12.1 Å². The number of likely N-dealkylation sites (tertiary alicyclic amines) is 1. The van der Waals surface area contributed by atoms with E-state index in [9.17, 15) is 4.79 Å². The number of hydrogen-bond donors (Lipinski definition) is 0. The molecule has 2 aliphatic heterocycles. The first-order valence-electron chi connectivity index (χ1n) is 13.4. The number of nitrogens with zero attached hydrogens (tertiary/aromatic N) is 6. The molecule has 1 atom stereocenters. The summed E-state index contributed by atoms with van der Waals surface area (Å²) in [5, 5.41) is 5.75. The van der Waals surface area contributed by atoms with Crippen molar-refractivity contribution in [2.75, 3.05) is 44.9 Å². The highest BCUT2D eigenvalue weighted by Crippen LogP contribution is 2.34. The van der Waals surface area contributed by atoms with Crippen LogP contribution >= 0.6 is 13.5 Å². The summed E-state index contributed by atoms with van der Waals surface area (Å²) in [7, 11) is 1.58. The summed E-state index contributed by atoms with van der Waals surface area (Å²) in [4.78, 5) is 25.8. The number of piperidine rings is 1. The van der Waals surface area contributed by atoms with Gasteiger partial charge in [-0.1, -0.05) is 0 Å². The Kier molecular flexibility index (Phi) is 8.60. The van der Waals surface area contributed by atoms with Gasteiger partial charge in [-0.2, -0.15) is 28.6 Å². The minimum absolute atomic E-state index is 0. The van der Waals surface area contributed by atoms with Crippen molar-refractivity contribution in [1.82, 2.24) is 24.6 Å². The molecule has 0 unspecified atom stereocenters. The molecule has 2 saturated heterocycles. The molecule has 1 amide bonds. The molecule has 212 valence electrons. The van der Waals surface area contributed by atoms with Crippen LogP contribution in [-0.2, 0) is 9.47 Å². The highest BCUT2D eigenvalue weighted by molar-refractivity contribution is 7.59. The van der Waals surface area contributed by atoms with Gasteiger partial charge in [0.1, 0.15) is 11.4 Å². The Morgan fingerprint density at radius 1 is 1.08 bits per heavy atom. The lowest BCUT2D eigenvalue weighted by Gasteiger charge is -2.34. The molecule has 0 spiro atoms. The normalized spacial score (nSPS) is 18.7. The number of carbonyl (C=O) groups excluding carboxylic acids is 1. The van der Waals surface area contributed by atoms with Crippen molar-refractivity contribution in [3.05, 3.63) is 35.5 Å². The zero-order valence-electron chi connectivity index (χ0n) is 23.7. The summed E-state index contributed by atoms with van der Waals surface area (Å²) in [5.74, 6) is 1.81. The molecule has 2 aromatic heterocycles. The van der Waals surface area contributed by atoms with Gasteiger partial charge in [0.2, 0.25) is 0 Å². The summed E-state index contributed by atoms with van der Waals surface area (Å²) in [6, 6.07) is 6.90. The first kappa shape index (κ1) is 28.9. The van der Waals surface area contributed by atoms with Gasteiger partial charge < -0.3 is 24.0 Å². The molecule has 1 aromatic carbocycles. The third-order valence-electron chi connectivity index (χ3n) is 7.28. The summed E-state index contributed by atoms with van der Waals surface area (Å²) in [5.41, 5.74) is 3.01. The second kappa shape index (κ2) is 11.6. The minimum Gasteiger partial charge on any atom is -0.467 e. The minimum atomic E-state index is -0.489. The fraction of sp³-hybridized carbons (Fsp3) is 0.571. The summed E-state index contributed by atoms with van der Waals surface area (Å²) in [6.07, 6.45) is 3.42. The smallest absolute Gasteiger partial charge is 0.410 e. The number of ether oxygens (including phenoxy) is 3. The van der Waals surface area contributed by atoms with E-state index in [4.69, 9.17) is 19.3 Å². The van der Waals surface area contributed by atoms with Crippen molar-refractivity contribution in [3.63, 3.8) is 0 Å². The van der Waals surface area contributed by atoms with Gasteiger partial charge in [-0.25, -0.2) is 9.48 Å². The van der Waals surface area contributed by atoms with Crippen LogP contribution < -0.4 is 9.64 Å². The third-order valence-corrected chi connectivity index (χ3v) is 7.28. The fourth-order valence-electron chi connectivity index (χ4n) is 5.34. The van der Waals surface area contributed by atoms with E-state index in [0.717, 1.165) is 36.1 Å². The Hall–Kier alpha value is -3.05. The van der Waals surface area contributed by atoms with E-state index in [1.165, 1.54) is 11.1 Å². The van der Waals surface area contributed by atoms with E-state index in [1.54, 1.807) is 7.11 Å². The first-order valence-corrected chi connectivity index (χ1v) is 13.4. The molecule has 0 bridgehead atoms. The number of fused-ring (bicyclic) bond motifs is 1. The Labute approximate surface area is 237 Å². The number of aromatic nitrogens is 4. The van der Waals surface area contributed by atoms with Gasteiger partial charge in [0.15, 0.2) is 5.82 Å². The third kappa shape index (κ3) is 6.24. The lowest BCUT2D eigenvalue weighted by Crippen LogP contribution is -2.44. The van der Waals surface area contributed by atoms with Crippen molar-refractivity contribution in [1.29, 1.82) is 0 Å². The van der Waals surface area contributed by atoms with Gasteiger partial charge in [0.05, 0.1) is 38.1 Å². The summed E-state index contributed by atoms with van der Waals surface area (Å²) >= 11 is 0.